The second-order valence-electron chi connectivity index (χ2n) is 5.08. The van der Waals surface area contributed by atoms with Gasteiger partial charge in [-0.1, -0.05) is 13.0 Å². The molecule has 0 aromatic heterocycles. The summed E-state index contributed by atoms with van der Waals surface area (Å²) < 4.78 is 11.2. The van der Waals surface area contributed by atoms with E-state index in [-0.39, 0.29) is 6.04 Å². The summed E-state index contributed by atoms with van der Waals surface area (Å²) >= 11 is 0. The van der Waals surface area contributed by atoms with Crippen molar-refractivity contribution in [3.63, 3.8) is 0 Å². The van der Waals surface area contributed by atoms with E-state index in [2.05, 4.69) is 37.8 Å². The van der Waals surface area contributed by atoms with Crippen LogP contribution in [0, 0.1) is 0 Å². The third-order valence-electron chi connectivity index (χ3n) is 3.60. The lowest BCUT2D eigenvalue weighted by Gasteiger charge is -2.34. The van der Waals surface area contributed by atoms with E-state index in [1.807, 2.05) is 6.07 Å². The lowest BCUT2D eigenvalue weighted by molar-refractivity contribution is 0.160. The lowest BCUT2D eigenvalue weighted by atomic mass is 10.0. The topological polar surface area (TPSA) is 47.7 Å². The first-order valence-corrected chi connectivity index (χ1v) is 7.02. The molecule has 4 nitrogen and oxygen atoms in total. The molecule has 1 aromatic carbocycles. The van der Waals surface area contributed by atoms with Gasteiger partial charge in [0.1, 0.15) is 13.2 Å². The molecular weight excluding hydrogens is 240 g/mol. The second kappa shape index (κ2) is 6.26. The number of likely N-dealkylation sites (N-methyl/N-ethyl adjacent to an activating group) is 1. The Hall–Kier alpha value is -1.26. The first-order chi connectivity index (χ1) is 9.17. The highest BCUT2D eigenvalue weighted by molar-refractivity contribution is 5.44. The monoisotopic (exact) mass is 264 g/mol. The van der Waals surface area contributed by atoms with Crippen LogP contribution in [0.4, 0.5) is 0 Å². The van der Waals surface area contributed by atoms with Crippen LogP contribution in [0.25, 0.3) is 0 Å². The van der Waals surface area contributed by atoms with Crippen LogP contribution in [0.2, 0.25) is 0 Å². The Kier molecular flexibility index (Phi) is 4.66. The van der Waals surface area contributed by atoms with Crippen LogP contribution in [-0.4, -0.2) is 37.2 Å². The standard InChI is InChI=1S/C15H24N2O2/c1-4-17(11(2)3)13(10-16)12-5-6-14-15(9-12)19-8-7-18-14/h5-6,9,11,13H,4,7-8,10,16H2,1-3H3. The molecule has 1 heterocycles. The number of rotatable bonds is 5. The molecule has 2 rings (SSSR count). The summed E-state index contributed by atoms with van der Waals surface area (Å²) in [6.45, 7) is 9.39. The van der Waals surface area contributed by atoms with Crippen molar-refractivity contribution in [3.05, 3.63) is 23.8 Å². The van der Waals surface area contributed by atoms with E-state index in [9.17, 15) is 0 Å². The summed E-state index contributed by atoms with van der Waals surface area (Å²) in [5.41, 5.74) is 7.18. The van der Waals surface area contributed by atoms with Gasteiger partial charge in [-0.05, 0) is 38.1 Å². The summed E-state index contributed by atoms with van der Waals surface area (Å²) in [5.74, 6) is 1.67. The number of nitrogens with zero attached hydrogens (tertiary/aromatic N) is 1. The highest BCUT2D eigenvalue weighted by atomic mass is 16.6. The highest BCUT2D eigenvalue weighted by Crippen LogP contribution is 2.34. The number of fused-ring (bicyclic) bond motifs is 1. The van der Waals surface area contributed by atoms with Crippen molar-refractivity contribution in [1.82, 2.24) is 4.90 Å². The molecule has 1 aromatic rings. The van der Waals surface area contributed by atoms with E-state index in [0.29, 0.717) is 25.8 Å². The molecule has 0 fully saturated rings. The van der Waals surface area contributed by atoms with Crippen LogP contribution in [-0.2, 0) is 0 Å². The molecule has 1 unspecified atom stereocenters. The molecule has 0 aliphatic carbocycles. The van der Waals surface area contributed by atoms with Crippen LogP contribution in [0.15, 0.2) is 18.2 Å². The number of benzene rings is 1. The molecule has 4 heteroatoms. The van der Waals surface area contributed by atoms with Crippen molar-refractivity contribution in [2.24, 2.45) is 5.73 Å². The van der Waals surface area contributed by atoms with Gasteiger partial charge in [0, 0.05) is 18.6 Å². The molecule has 1 aliphatic heterocycles. The Bertz CT molecular complexity index is 421. The van der Waals surface area contributed by atoms with Gasteiger partial charge in [-0.15, -0.1) is 0 Å². The number of ether oxygens (including phenoxy) is 2. The van der Waals surface area contributed by atoms with Gasteiger partial charge in [0.15, 0.2) is 11.5 Å². The maximum Gasteiger partial charge on any atom is 0.161 e. The Labute approximate surface area is 115 Å². The van der Waals surface area contributed by atoms with Crippen molar-refractivity contribution >= 4 is 0 Å². The van der Waals surface area contributed by atoms with E-state index >= 15 is 0 Å². The van der Waals surface area contributed by atoms with Gasteiger partial charge >= 0.3 is 0 Å². The van der Waals surface area contributed by atoms with E-state index in [1.165, 1.54) is 5.56 Å². The number of nitrogens with two attached hydrogens (primary N) is 1. The molecule has 0 bridgehead atoms. The first kappa shape index (κ1) is 14.2. The molecule has 1 atom stereocenters. The summed E-state index contributed by atoms with van der Waals surface area (Å²) in [4.78, 5) is 2.39. The van der Waals surface area contributed by atoms with Gasteiger partial charge in [-0.25, -0.2) is 0 Å². The Morgan fingerprint density at radius 2 is 1.89 bits per heavy atom. The molecule has 19 heavy (non-hydrogen) atoms. The summed E-state index contributed by atoms with van der Waals surface area (Å²) in [6.07, 6.45) is 0. The quantitative estimate of drug-likeness (QED) is 0.885. The molecule has 0 saturated carbocycles. The van der Waals surface area contributed by atoms with E-state index < -0.39 is 0 Å². The zero-order valence-electron chi connectivity index (χ0n) is 12.1. The summed E-state index contributed by atoms with van der Waals surface area (Å²) in [7, 11) is 0. The first-order valence-electron chi connectivity index (χ1n) is 7.02. The molecule has 2 N–H and O–H groups in total. The van der Waals surface area contributed by atoms with Crippen LogP contribution in [0.5, 0.6) is 11.5 Å². The zero-order valence-corrected chi connectivity index (χ0v) is 12.1. The predicted octanol–water partition coefficient (Wildman–Crippen LogP) is 2.19. The fourth-order valence-electron chi connectivity index (χ4n) is 2.68. The van der Waals surface area contributed by atoms with Gasteiger partial charge in [0.25, 0.3) is 0 Å². The number of hydrogen-bond acceptors (Lipinski definition) is 4. The normalized spacial score (nSPS) is 15.9. The molecule has 0 amide bonds. The fraction of sp³-hybridized carbons (Fsp3) is 0.600. The Morgan fingerprint density at radius 1 is 1.21 bits per heavy atom. The van der Waals surface area contributed by atoms with Gasteiger partial charge in [-0.2, -0.15) is 0 Å². The summed E-state index contributed by atoms with van der Waals surface area (Å²) in [6, 6.07) is 6.83. The number of hydrogen-bond donors (Lipinski definition) is 1. The van der Waals surface area contributed by atoms with Crippen molar-refractivity contribution in [2.75, 3.05) is 26.3 Å². The van der Waals surface area contributed by atoms with E-state index in [1.54, 1.807) is 0 Å². The minimum absolute atomic E-state index is 0.223. The van der Waals surface area contributed by atoms with Gasteiger partial charge < -0.3 is 15.2 Å². The molecule has 0 radical (unpaired) electrons. The Balaban J connectivity index is 2.27. The minimum atomic E-state index is 0.223. The van der Waals surface area contributed by atoms with Crippen LogP contribution >= 0.6 is 0 Å². The van der Waals surface area contributed by atoms with Crippen molar-refractivity contribution in [3.8, 4) is 11.5 Å². The highest BCUT2D eigenvalue weighted by Gasteiger charge is 2.22. The van der Waals surface area contributed by atoms with Gasteiger partial charge in [0.05, 0.1) is 0 Å². The van der Waals surface area contributed by atoms with Crippen molar-refractivity contribution < 1.29 is 9.47 Å². The predicted molar refractivity (Wildman–Crippen MR) is 76.7 cm³/mol. The fourth-order valence-corrected chi connectivity index (χ4v) is 2.68. The molecule has 0 saturated heterocycles. The SMILES string of the molecule is CCN(C(C)C)C(CN)c1ccc2c(c1)OCCO2. The Morgan fingerprint density at radius 3 is 2.47 bits per heavy atom. The maximum atomic E-state index is 5.98. The molecule has 0 spiro atoms. The lowest BCUT2D eigenvalue weighted by Crippen LogP contribution is -2.38. The molecular formula is C15H24N2O2. The van der Waals surface area contributed by atoms with Gasteiger partial charge in [-0.3, -0.25) is 4.90 Å². The third kappa shape index (κ3) is 3.01. The minimum Gasteiger partial charge on any atom is -0.486 e. The molecule has 106 valence electrons. The van der Waals surface area contributed by atoms with E-state index in [4.69, 9.17) is 15.2 Å². The largest absolute Gasteiger partial charge is 0.486 e. The van der Waals surface area contributed by atoms with Gasteiger partial charge in [0.2, 0.25) is 0 Å². The smallest absolute Gasteiger partial charge is 0.161 e. The summed E-state index contributed by atoms with van der Waals surface area (Å²) in [5, 5.41) is 0. The molecule has 1 aliphatic rings. The van der Waals surface area contributed by atoms with Crippen molar-refractivity contribution in [1.29, 1.82) is 0 Å². The van der Waals surface area contributed by atoms with Crippen LogP contribution in [0.3, 0.4) is 0 Å². The maximum absolute atomic E-state index is 5.98. The van der Waals surface area contributed by atoms with Crippen LogP contribution in [0.1, 0.15) is 32.4 Å². The zero-order chi connectivity index (χ0) is 13.8. The average Bonchev–Trinajstić information content (AvgIpc) is 2.43. The van der Waals surface area contributed by atoms with E-state index in [0.717, 1.165) is 18.0 Å². The average molecular weight is 264 g/mol. The second-order valence-corrected chi connectivity index (χ2v) is 5.08. The third-order valence-corrected chi connectivity index (χ3v) is 3.60. The van der Waals surface area contributed by atoms with Crippen LogP contribution < -0.4 is 15.2 Å². The van der Waals surface area contributed by atoms with Crippen molar-refractivity contribution in [2.45, 2.75) is 32.9 Å².